The summed E-state index contributed by atoms with van der Waals surface area (Å²) in [7, 11) is -2.60. The second-order valence-corrected chi connectivity index (χ2v) is 10.2. The predicted molar refractivity (Wildman–Crippen MR) is 120 cm³/mol. The van der Waals surface area contributed by atoms with Gasteiger partial charge in [0.2, 0.25) is 11.8 Å². The van der Waals surface area contributed by atoms with Gasteiger partial charge in [-0.1, -0.05) is 5.11 Å². The van der Waals surface area contributed by atoms with Gasteiger partial charge < -0.3 is 19.9 Å². The first kappa shape index (κ1) is 25.1. The topological polar surface area (TPSA) is 211 Å². The molecule has 0 radical (unpaired) electrons. The molecule has 1 unspecified atom stereocenters. The Hall–Kier alpha value is -3.00. The monoisotopic (exact) mass is 511 g/mol. The number of anilines is 1. The van der Waals surface area contributed by atoms with E-state index in [1.165, 1.54) is 24.9 Å². The number of esters is 1. The Balaban J connectivity index is 1.66. The van der Waals surface area contributed by atoms with Crippen LogP contribution in [0, 0.1) is 0 Å². The number of rotatable bonds is 7. The van der Waals surface area contributed by atoms with E-state index in [9.17, 15) is 14.9 Å². The van der Waals surface area contributed by atoms with Crippen LogP contribution in [0.5, 0.6) is 5.88 Å². The maximum absolute atomic E-state index is 13.4. The van der Waals surface area contributed by atoms with Crippen LogP contribution in [0.1, 0.15) is 33.9 Å². The third-order valence-electron chi connectivity index (χ3n) is 5.55. The Bertz CT molecular complexity index is 1230. The Morgan fingerprint density at radius 2 is 2.20 bits per heavy atom. The highest BCUT2D eigenvalue weighted by molar-refractivity contribution is 7.51. The summed E-state index contributed by atoms with van der Waals surface area (Å²) in [5, 5.41) is 6.52. The summed E-state index contributed by atoms with van der Waals surface area (Å²) in [4.78, 5) is 27.7. The van der Waals surface area contributed by atoms with Crippen LogP contribution in [-0.4, -0.2) is 69.1 Å². The molecule has 4 rings (SSSR count). The molecule has 0 aromatic carbocycles. The number of fused-ring (bicyclic) bond motifs is 2. The lowest BCUT2D eigenvalue weighted by molar-refractivity contribution is -0.149. The number of nitrogens with one attached hydrogen (secondary N) is 1. The number of imidazole rings is 1. The van der Waals surface area contributed by atoms with E-state index < -0.39 is 43.7 Å². The van der Waals surface area contributed by atoms with Crippen LogP contribution in [0.4, 0.5) is 5.95 Å². The molecule has 0 aliphatic carbocycles. The standard InChI is InChI=1S/C18H26N9O7P/c1-8(2)32-15(28)9(3)24-35(29)31-6-10-12(34-35)18(4,25-26-20)16(33-10)27-7-21-11-13(27)22-17(19)23-14(11)30-5/h7-10,12,16H,6H2,1-5H3,(H,24,29)(H2,19,22,23)/t9-,10+,12+,16+,18+,35?/m0/s1. The predicted octanol–water partition coefficient (Wildman–Crippen LogP) is 1.84. The Morgan fingerprint density at radius 3 is 2.86 bits per heavy atom. The molecule has 6 atom stereocenters. The molecule has 0 bridgehead atoms. The van der Waals surface area contributed by atoms with Gasteiger partial charge in [-0.15, -0.1) is 0 Å². The fourth-order valence-corrected chi connectivity index (χ4v) is 5.77. The summed E-state index contributed by atoms with van der Waals surface area (Å²) >= 11 is 0. The number of nitrogens with two attached hydrogens (primary N) is 1. The molecule has 16 nitrogen and oxygen atoms in total. The van der Waals surface area contributed by atoms with Crippen molar-refractivity contribution < 1.29 is 32.6 Å². The number of carbonyl (C=O) groups is 1. The number of nitrogens with zero attached hydrogens (tertiary/aromatic N) is 7. The zero-order valence-corrected chi connectivity index (χ0v) is 20.6. The molecule has 0 saturated carbocycles. The molecule has 2 aromatic heterocycles. The molecular formula is C18H26N9O7P. The molecule has 2 aromatic rings. The number of carbonyl (C=O) groups excluding carboxylic acids is 1. The summed E-state index contributed by atoms with van der Waals surface area (Å²) < 4.78 is 42.6. The summed E-state index contributed by atoms with van der Waals surface area (Å²) in [5.41, 5.74) is 14.3. The molecule has 35 heavy (non-hydrogen) atoms. The number of methoxy groups -OCH3 is 1. The molecule has 190 valence electrons. The summed E-state index contributed by atoms with van der Waals surface area (Å²) in [6, 6.07) is -0.992. The SMILES string of the molecule is COc1nc(N)nc2c1ncn2[C@@H]1O[C@@H]2COP(=O)(N[C@@H](C)C(=O)OC(C)C)O[C@H]2[C@@]1(C)N=[N+]=[N-]. The summed E-state index contributed by atoms with van der Waals surface area (Å²) in [6.07, 6.45) is -1.71. The second kappa shape index (κ2) is 9.22. The van der Waals surface area contributed by atoms with Crippen LogP contribution >= 0.6 is 7.75 Å². The fraction of sp³-hybridized carbons (Fsp3) is 0.667. The number of aromatic nitrogens is 4. The van der Waals surface area contributed by atoms with Gasteiger partial charge >= 0.3 is 13.7 Å². The van der Waals surface area contributed by atoms with Gasteiger partial charge in [-0.25, -0.2) is 14.6 Å². The van der Waals surface area contributed by atoms with Crippen LogP contribution in [-0.2, 0) is 27.9 Å². The smallest absolute Gasteiger partial charge is 0.406 e. The average Bonchev–Trinajstić information content (AvgIpc) is 3.31. The normalized spacial score (nSPS) is 31.1. The van der Waals surface area contributed by atoms with Crippen molar-refractivity contribution in [3.63, 3.8) is 0 Å². The van der Waals surface area contributed by atoms with Gasteiger partial charge in [-0.3, -0.25) is 18.4 Å². The van der Waals surface area contributed by atoms with Gasteiger partial charge in [0.05, 0.1) is 26.1 Å². The van der Waals surface area contributed by atoms with Gasteiger partial charge in [-0.05, 0) is 33.2 Å². The van der Waals surface area contributed by atoms with Gasteiger partial charge in [0, 0.05) is 4.91 Å². The number of ether oxygens (including phenoxy) is 3. The van der Waals surface area contributed by atoms with E-state index in [0.29, 0.717) is 5.52 Å². The van der Waals surface area contributed by atoms with Gasteiger partial charge in [0.25, 0.3) is 0 Å². The van der Waals surface area contributed by atoms with Crippen LogP contribution in [0.3, 0.4) is 0 Å². The number of hydrogen-bond donors (Lipinski definition) is 2. The number of azide groups is 1. The summed E-state index contributed by atoms with van der Waals surface area (Å²) in [5.74, 6) is -0.533. The first-order valence-electron chi connectivity index (χ1n) is 10.7. The lowest BCUT2D eigenvalue weighted by Crippen LogP contribution is -2.48. The van der Waals surface area contributed by atoms with Crippen molar-refractivity contribution in [1.82, 2.24) is 24.6 Å². The maximum atomic E-state index is 13.4. The quantitative estimate of drug-likeness (QED) is 0.179. The zero-order chi connectivity index (χ0) is 25.5. The van der Waals surface area contributed by atoms with E-state index in [-0.39, 0.29) is 30.2 Å². The minimum Gasteiger partial charge on any atom is -0.479 e. The van der Waals surface area contributed by atoms with Gasteiger partial charge in [0.1, 0.15) is 23.8 Å². The first-order chi connectivity index (χ1) is 16.5. The highest BCUT2D eigenvalue weighted by atomic mass is 31.2. The highest BCUT2D eigenvalue weighted by Crippen LogP contribution is 2.57. The van der Waals surface area contributed by atoms with Crippen LogP contribution in [0.25, 0.3) is 21.6 Å². The molecule has 17 heteroatoms. The van der Waals surface area contributed by atoms with Crippen molar-refractivity contribution in [1.29, 1.82) is 0 Å². The molecule has 3 N–H and O–H groups in total. The maximum Gasteiger partial charge on any atom is 0.406 e. The molecule has 2 aliphatic heterocycles. The molecule has 0 spiro atoms. The average molecular weight is 511 g/mol. The van der Waals surface area contributed by atoms with E-state index >= 15 is 0 Å². The van der Waals surface area contributed by atoms with Crippen LogP contribution in [0.2, 0.25) is 0 Å². The van der Waals surface area contributed by atoms with Crippen LogP contribution < -0.4 is 15.6 Å². The van der Waals surface area contributed by atoms with Gasteiger partial charge in [0.15, 0.2) is 17.4 Å². The molecule has 2 saturated heterocycles. The highest BCUT2D eigenvalue weighted by Gasteiger charge is 2.60. The van der Waals surface area contributed by atoms with E-state index in [1.54, 1.807) is 20.8 Å². The third-order valence-corrected chi connectivity index (χ3v) is 7.25. The van der Waals surface area contributed by atoms with E-state index in [1.807, 2.05) is 0 Å². The fourth-order valence-electron chi connectivity index (χ4n) is 4.01. The second-order valence-electron chi connectivity index (χ2n) is 8.51. The Morgan fingerprint density at radius 1 is 1.46 bits per heavy atom. The van der Waals surface area contributed by atoms with Crippen molar-refractivity contribution in [3.8, 4) is 5.88 Å². The van der Waals surface area contributed by atoms with Crippen molar-refractivity contribution in [2.24, 2.45) is 5.11 Å². The largest absolute Gasteiger partial charge is 0.479 e. The third kappa shape index (κ3) is 4.51. The van der Waals surface area contributed by atoms with Crippen molar-refractivity contribution in [2.45, 2.75) is 63.8 Å². The van der Waals surface area contributed by atoms with E-state index in [4.69, 9.17) is 29.0 Å². The van der Waals surface area contributed by atoms with Crippen molar-refractivity contribution in [2.75, 3.05) is 19.5 Å². The van der Waals surface area contributed by atoms with Crippen molar-refractivity contribution >= 4 is 30.8 Å². The molecular weight excluding hydrogens is 485 g/mol. The first-order valence-corrected chi connectivity index (χ1v) is 12.2. The minimum atomic E-state index is -4.02. The number of nitrogen functional groups attached to an aromatic ring is 1. The van der Waals surface area contributed by atoms with Gasteiger partial charge in [-0.2, -0.15) is 9.97 Å². The van der Waals surface area contributed by atoms with Crippen LogP contribution in [0.15, 0.2) is 11.4 Å². The van der Waals surface area contributed by atoms with E-state index in [2.05, 4.69) is 30.1 Å². The molecule has 4 heterocycles. The minimum absolute atomic E-state index is 0.0624. The lowest BCUT2D eigenvalue weighted by Gasteiger charge is -2.36. The Kier molecular flexibility index (Phi) is 6.62. The molecule has 0 amide bonds. The van der Waals surface area contributed by atoms with Crippen molar-refractivity contribution in [3.05, 3.63) is 16.8 Å². The Labute approximate surface area is 199 Å². The zero-order valence-electron chi connectivity index (χ0n) is 19.7. The molecule has 2 fully saturated rings. The van der Waals surface area contributed by atoms with E-state index in [0.717, 1.165) is 0 Å². The lowest BCUT2D eigenvalue weighted by atomic mass is 9.93. The molecule has 2 aliphatic rings. The summed E-state index contributed by atoms with van der Waals surface area (Å²) in [6.45, 7) is 6.28. The number of hydrogen-bond acceptors (Lipinski definition) is 12.